The Hall–Kier alpha value is -2.13. The second-order valence-electron chi connectivity index (χ2n) is 3.68. The molecular weight excluding hydrogens is 304 g/mol. The molecule has 1 N–H and O–H groups in total. The van der Waals surface area contributed by atoms with Crippen molar-refractivity contribution in [2.45, 2.75) is 0 Å². The van der Waals surface area contributed by atoms with E-state index in [1.54, 1.807) is 0 Å². The Morgan fingerprint density at radius 3 is 2.70 bits per heavy atom. The first-order valence-corrected chi connectivity index (χ1v) is 6.43. The van der Waals surface area contributed by atoms with Crippen molar-refractivity contribution >= 4 is 46.0 Å². The number of benzene rings is 1. The molecule has 104 valence electrons. The molecule has 1 fully saturated rings. The minimum Gasteiger partial charge on any atom is -0.865 e. The Balaban J connectivity index is 2.50. The fourth-order valence-corrected chi connectivity index (χ4v) is 2.60. The molecular formula is C11H7N2O5S2-. The zero-order chi connectivity index (χ0) is 14.9. The van der Waals surface area contributed by atoms with Crippen LogP contribution < -0.4 is 15.2 Å². The molecule has 0 aliphatic carbocycles. The number of nitro groups is 1. The molecule has 9 heteroatoms. The second kappa shape index (κ2) is 5.47. The Kier molecular flexibility index (Phi) is 3.91. The fourth-order valence-electron chi connectivity index (χ4n) is 1.55. The highest BCUT2D eigenvalue weighted by atomic mass is 32.2. The fraction of sp³-hybridized carbons (Fsp3) is 0.0909. The van der Waals surface area contributed by atoms with Crippen molar-refractivity contribution in [3.8, 4) is 11.5 Å². The van der Waals surface area contributed by atoms with Gasteiger partial charge in [0.25, 0.3) is 11.6 Å². The number of nitro benzene ring substituents is 1. The van der Waals surface area contributed by atoms with Crippen LogP contribution in [0.2, 0.25) is 0 Å². The highest BCUT2D eigenvalue weighted by molar-refractivity contribution is 8.26. The van der Waals surface area contributed by atoms with Crippen LogP contribution in [0.4, 0.5) is 5.69 Å². The van der Waals surface area contributed by atoms with Gasteiger partial charge in [-0.2, -0.15) is 0 Å². The van der Waals surface area contributed by atoms with E-state index >= 15 is 0 Å². The standard InChI is InChI=1S/C11H8N2O5S2/c1-18-7-3-5(2-6(9(7)14)13(16)17)4-8-10(15)12-11(19)20-8/h2-4,14H,1H3,(H,12,15,19)/p-1/b8-4+. The molecule has 0 radical (unpaired) electrons. The highest BCUT2D eigenvalue weighted by Gasteiger charge is 2.22. The van der Waals surface area contributed by atoms with E-state index in [0.29, 0.717) is 14.8 Å². The van der Waals surface area contributed by atoms with Crippen LogP contribution in [-0.4, -0.2) is 22.3 Å². The Bertz CT molecular complexity index is 656. The summed E-state index contributed by atoms with van der Waals surface area (Å²) in [5, 5.41) is 24.9. The van der Waals surface area contributed by atoms with E-state index in [0.717, 1.165) is 17.8 Å². The summed E-state index contributed by atoms with van der Waals surface area (Å²) >= 11 is 5.88. The Morgan fingerprint density at radius 1 is 1.50 bits per heavy atom. The number of nitrogens with one attached hydrogen (secondary N) is 1. The van der Waals surface area contributed by atoms with Gasteiger partial charge in [0.15, 0.2) is 0 Å². The third-order valence-electron chi connectivity index (χ3n) is 2.41. The zero-order valence-electron chi connectivity index (χ0n) is 10.0. The predicted molar refractivity (Wildman–Crippen MR) is 75.4 cm³/mol. The molecule has 1 aliphatic rings. The SMILES string of the molecule is COc1cc(/C=C2/SC(=S)NC2=O)cc([N+](=O)[O-])c1[O-]. The molecule has 2 rings (SSSR count). The van der Waals surface area contributed by atoms with Crippen LogP contribution >= 0.6 is 24.0 Å². The molecule has 0 aromatic heterocycles. The summed E-state index contributed by atoms with van der Waals surface area (Å²) in [7, 11) is 1.24. The number of ether oxygens (including phenoxy) is 1. The lowest BCUT2D eigenvalue weighted by molar-refractivity contribution is -0.398. The minimum absolute atomic E-state index is 0.156. The van der Waals surface area contributed by atoms with Crippen LogP contribution in [0.5, 0.6) is 11.5 Å². The molecule has 0 atom stereocenters. The van der Waals surface area contributed by atoms with E-state index < -0.39 is 16.4 Å². The van der Waals surface area contributed by atoms with Crippen molar-refractivity contribution in [1.29, 1.82) is 0 Å². The second-order valence-corrected chi connectivity index (χ2v) is 5.40. The van der Waals surface area contributed by atoms with E-state index in [4.69, 9.17) is 17.0 Å². The first-order chi connectivity index (χ1) is 9.42. The maximum absolute atomic E-state index is 11.7. The molecule has 1 aliphatic heterocycles. The van der Waals surface area contributed by atoms with E-state index in [1.165, 1.54) is 19.3 Å². The van der Waals surface area contributed by atoms with Gasteiger partial charge in [0.05, 0.1) is 16.9 Å². The summed E-state index contributed by atoms with van der Waals surface area (Å²) in [6.45, 7) is 0. The van der Waals surface area contributed by atoms with Gasteiger partial charge < -0.3 is 15.2 Å². The quantitative estimate of drug-likeness (QED) is 0.386. The molecule has 20 heavy (non-hydrogen) atoms. The minimum atomic E-state index is -0.807. The van der Waals surface area contributed by atoms with Gasteiger partial charge in [0.1, 0.15) is 10.1 Å². The molecule has 1 saturated heterocycles. The third kappa shape index (κ3) is 2.73. The lowest BCUT2D eigenvalue weighted by atomic mass is 10.1. The smallest absolute Gasteiger partial charge is 0.266 e. The summed E-state index contributed by atoms with van der Waals surface area (Å²) in [6, 6.07) is 2.42. The van der Waals surface area contributed by atoms with Gasteiger partial charge in [-0.3, -0.25) is 14.9 Å². The van der Waals surface area contributed by atoms with E-state index in [9.17, 15) is 20.0 Å². The first-order valence-electron chi connectivity index (χ1n) is 5.20. The maximum Gasteiger partial charge on any atom is 0.266 e. The van der Waals surface area contributed by atoms with Crippen molar-refractivity contribution in [2.24, 2.45) is 0 Å². The van der Waals surface area contributed by atoms with Gasteiger partial charge in [-0.15, -0.1) is 0 Å². The number of hydrogen-bond acceptors (Lipinski definition) is 7. The highest BCUT2D eigenvalue weighted by Crippen LogP contribution is 2.36. The van der Waals surface area contributed by atoms with Crippen LogP contribution in [0.3, 0.4) is 0 Å². The van der Waals surface area contributed by atoms with Crippen LogP contribution in [0.1, 0.15) is 5.56 Å². The van der Waals surface area contributed by atoms with Gasteiger partial charge in [0.2, 0.25) is 0 Å². The molecule has 0 spiro atoms. The molecule has 0 bridgehead atoms. The Morgan fingerprint density at radius 2 is 2.20 bits per heavy atom. The van der Waals surface area contributed by atoms with Crippen molar-refractivity contribution < 1.29 is 19.6 Å². The predicted octanol–water partition coefficient (Wildman–Crippen LogP) is 1.17. The summed E-state index contributed by atoms with van der Waals surface area (Å²) in [4.78, 5) is 21.8. The van der Waals surface area contributed by atoms with Gasteiger partial charge in [-0.25, -0.2) is 0 Å². The molecule has 1 aromatic rings. The Labute approximate surface area is 122 Å². The third-order valence-corrected chi connectivity index (χ3v) is 3.58. The number of thiocarbonyl (C=S) groups is 1. The molecule has 0 unspecified atom stereocenters. The topological polar surface area (TPSA) is 105 Å². The molecule has 7 nitrogen and oxygen atoms in total. The lowest BCUT2D eigenvalue weighted by Gasteiger charge is -2.13. The summed E-state index contributed by atoms with van der Waals surface area (Å²) in [5.41, 5.74) is -0.294. The number of amides is 1. The normalized spacial score (nSPS) is 16.4. The lowest BCUT2D eigenvalue weighted by Crippen LogP contribution is -2.17. The van der Waals surface area contributed by atoms with Crippen molar-refractivity contribution in [3.05, 3.63) is 32.7 Å². The summed E-state index contributed by atoms with van der Waals surface area (Å²) < 4.78 is 5.12. The maximum atomic E-state index is 11.7. The van der Waals surface area contributed by atoms with Crippen LogP contribution in [-0.2, 0) is 4.79 Å². The summed E-state index contributed by atoms with van der Waals surface area (Å²) in [5.74, 6) is -1.34. The summed E-state index contributed by atoms with van der Waals surface area (Å²) in [6.07, 6.45) is 1.41. The number of carbonyl (C=O) groups is 1. The van der Waals surface area contributed by atoms with Crippen molar-refractivity contribution in [3.63, 3.8) is 0 Å². The number of nitrogens with zero attached hydrogens (tertiary/aromatic N) is 1. The average Bonchev–Trinajstić information content (AvgIpc) is 2.69. The number of hydrogen-bond donors (Lipinski definition) is 1. The number of thioether (sulfide) groups is 1. The number of methoxy groups -OCH3 is 1. The molecule has 0 saturated carbocycles. The molecule has 1 heterocycles. The van der Waals surface area contributed by atoms with Gasteiger partial charge in [-0.05, 0) is 17.7 Å². The van der Waals surface area contributed by atoms with Crippen LogP contribution in [0, 0.1) is 10.1 Å². The van der Waals surface area contributed by atoms with Gasteiger partial charge >= 0.3 is 0 Å². The first kappa shape index (κ1) is 14.3. The molecule has 1 aromatic carbocycles. The van der Waals surface area contributed by atoms with E-state index in [-0.39, 0.29) is 11.7 Å². The number of carbonyl (C=O) groups excluding carboxylic acids is 1. The van der Waals surface area contributed by atoms with Crippen molar-refractivity contribution in [1.82, 2.24) is 5.32 Å². The van der Waals surface area contributed by atoms with Gasteiger partial charge in [-0.1, -0.05) is 24.0 Å². The van der Waals surface area contributed by atoms with Crippen LogP contribution in [0.25, 0.3) is 6.08 Å². The zero-order valence-corrected chi connectivity index (χ0v) is 11.7. The monoisotopic (exact) mass is 311 g/mol. The largest absolute Gasteiger partial charge is 0.865 e. The van der Waals surface area contributed by atoms with Crippen LogP contribution in [0.15, 0.2) is 17.0 Å². The van der Waals surface area contributed by atoms with E-state index in [1.807, 2.05) is 0 Å². The van der Waals surface area contributed by atoms with Crippen molar-refractivity contribution in [2.75, 3.05) is 7.11 Å². The van der Waals surface area contributed by atoms with Gasteiger partial charge in [0, 0.05) is 11.8 Å². The number of rotatable bonds is 3. The van der Waals surface area contributed by atoms with E-state index in [2.05, 4.69) is 5.32 Å². The molecule has 1 amide bonds. The average molecular weight is 311 g/mol.